The quantitative estimate of drug-likeness (QED) is 0.678. The predicted molar refractivity (Wildman–Crippen MR) is 109 cm³/mol. The lowest BCUT2D eigenvalue weighted by molar-refractivity contribution is 0.102. The third kappa shape index (κ3) is 4.70. The number of rotatable bonds is 6. The minimum absolute atomic E-state index is 0.236. The Kier molecular flexibility index (Phi) is 5.81. The molecule has 0 aliphatic carbocycles. The van der Waals surface area contributed by atoms with Crippen molar-refractivity contribution < 1.29 is 4.79 Å². The molecule has 2 N–H and O–H groups in total. The molecule has 27 heavy (non-hydrogen) atoms. The first kappa shape index (κ1) is 18.6. The summed E-state index contributed by atoms with van der Waals surface area (Å²) in [6, 6.07) is 17.6. The zero-order chi connectivity index (χ0) is 19.2. The molecule has 3 rings (SSSR count). The lowest BCUT2D eigenvalue weighted by Gasteiger charge is -2.11. The monoisotopic (exact) mass is 360 g/mol. The second kappa shape index (κ2) is 8.45. The Labute approximate surface area is 159 Å². The zero-order valence-corrected chi connectivity index (χ0v) is 15.9. The zero-order valence-electron chi connectivity index (χ0n) is 15.9. The van der Waals surface area contributed by atoms with E-state index >= 15 is 0 Å². The van der Waals surface area contributed by atoms with Crippen molar-refractivity contribution in [1.29, 1.82) is 0 Å². The van der Waals surface area contributed by atoms with Crippen molar-refractivity contribution in [2.24, 2.45) is 0 Å². The summed E-state index contributed by atoms with van der Waals surface area (Å²) < 4.78 is 0. The highest BCUT2D eigenvalue weighted by Crippen LogP contribution is 2.17. The van der Waals surface area contributed by atoms with E-state index in [1.165, 1.54) is 11.1 Å². The summed E-state index contributed by atoms with van der Waals surface area (Å²) in [5.74, 6) is 0.215. The standard InChI is InChI=1S/C22H24N4O/c1-4-17-10-7-8-12-19(17)25-21(27)20-13-16(3)24-22(26-20)23-14-18-11-6-5-9-15(18)2/h5-13H,4,14H2,1-3H3,(H,25,27)(H,23,24,26). The van der Waals surface area contributed by atoms with Gasteiger partial charge in [0.2, 0.25) is 5.95 Å². The van der Waals surface area contributed by atoms with E-state index in [0.717, 1.165) is 23.4 Å². The lowest BCUT2D eigenvalue weighted by atomic mass is 10.1. The van der Waals surface area contributed by atoms with Crippen molar-refractivity contribution in [1.82, 2.24) is 9.97 Å². The van der Waals surface area contributed by atoms with Gasteiger partial charge >= 0.3 is 0 Å². The first-order chi connectivity index (χ1) is 13.1. The minimum Gasteiger partial charge on any atom is -0.350 e. The van der Waals surface area contributed by atoms with Crippen LogP contribution in [0.15, 0.2) is 54.6 Å². The van der Waals surface area contributed by atoms with Crippen LogP contribution >= 0.6 is 0 Å². The van der Waals surface area contributed by atoms with Crippen LogP contribution < -0.4 is 10.6 Å². The fourth-order valence-electron chi connectivity index (χ4n) is 2.88. The van der Waals surface area contributed by atoms with Crippen molar-refractivity contribution in [3.8, 4) is 0 Å². The number of nitrogens with one attached hydrogen (secondary N) is 2. The second-order valence-electron chi connectivity index (χ2n) is 6.46. The van der Waals surface area contributed by atoms with Crippen LogP contribution in [0.5, 0.6) is 0 Å². The number of aryl methyl sites for hydroxylation is 3. The van der Waals surface area contributed by atoms with Crippen LogP contribution in [-0.2, 0) is 13.0 Å². The van der Waals surface area contributed by atoms with Crippen LogP contribution in [0.2, 0.25) is 0 Å². The maximum atomic E-state index is 12.7. The van der Waals surface area contributed by atoms with Gasteiger partial charge in [-0.3, -0.25) is 4.79 Å². The maximum absolute atomic E-state index is 12.7. The van der Waals surface area contributed by atoms with E-state index in [4.69, 9.17) is 0 Å². The number of hydrogen-bond donors (Lipinski definition) is 2. The van der Waals surface area contributed by atoms with E-state index in [9.17, 15) is 4.79 Å². The Morgan fingerprint density at radius 1 is 0.963 bits per heavy atom. The summed E-state index contributed by atoms with van der Waals surface area (Å²) in [4.78, 5) is 21.5. The van der Waals surface area contributed by atoms with Crippen molar-refractivity contribution in [2.45, 2.75) is 33.7 Å². The molecule has 0 aliphatic rings. The summed E-state index contributed by atoms with van der Waals surface area (Å²) in [7, 11) is 0. The van der Waals surface area contributed by atoms with Gasteiger partial charge in [-0.2, -0.15) is 0 Å². The molecular weight excluding hydrogens is 336 g/mol. The number of carbonyl (C=O) groups is 1. The topological polar surface area (TPSA) is 66.9 Å². The average molecular weight is 360 g/mol. The van der Waals surface area contributed by atoms with Gasteiger partial charge in [0.15, 0.2) is 0 Å². The van der Waals surface area contributed by atoms with Crippen LogP contribution in [0.25, 0.3) is 0 Å². The summed E-state index contributed by atoms with van der Waals surface area (Å²) in [5.41, 5.74) is 5.37. The van der Waals surface area contributed by atoms with Crippen molar-refractivity contribution in [2.75, 3.05) is 10.6 Å². The van der Waals surface area contributed by atoms with Crippen LogP contribution in [0, 0.1) is 13.8 Å². The third-order valence-electron chi connectivity index (χ3n) is 4.43. The third-order valence-corrected chi connectivity index (χ3v) is 4.43. The van der Waals surface area contributed by atoms with Crippen molar-refractivity contribution in [3.05, 3.63) is 82.7 Å². The highest BCUT2D eigenvalue weighted by molar-refractivity contribution is 6.03. The van der Waals surface area contributed by atoms with Crippen LogP contribution in [0.4, 0.5) is 11.6 Å². The molecule has 5 heteroatoms. The number of benzene rings is 2. The van der Waals surface area contributed by atoms with E-state index in [1.807, 2.05) is 43.3 Å². The molecule has 0 radical (unpaired) electrons. The van der Waals surface area contributed by atoms with Gasteiger partial charge in [0.1, 0.15) is 5.69 Å². The van der Waals surface area contributed by atoms with Gasteiger partial charge in [0.25, 0.3) is 5.91 Å². The van der Waals surface area contributed by atoms with Crippen LogP contribution in [-0.4, -0.2) is 15.9 Å². The van der Waals surface area contributed by atoms with Gasteiger partial charge in [0.05, 0.1) is 0 Å². The molecule has 0 atom stereocenters. The van der Waals surface area contributed by atoms with Gasteiger partial charge in [-0.05, 0) is 49.1 Å². The summed E-state index contributed by atoms with van der Waals surface area (Å²) in [5, 5.41) is 6.18. The van der Waals surface area contributed by atoms with Crippen molar-refractivity contribution in [3.63, 3.8) is 0 Å². The van der Waals surface area contributed by atoms with Crippen LogP contribution in [0.3, 0.4) is 0 Å². The fraction of sp³-hybridized carbons (Fsp3) is 0.227. The molecule has 2 aromatic carbocycles. The van der Waals surface area contributed by atoms with Gasteiger partial charge in [-0.1, -0.05) is 49.4 Å². The molecule has 0 aliphatic heterocycles. The molecule has 1 amide bonds. The van der Waals surface area contributed by atoms with Crippen LogP contribution in [0.1, 0.15) is 39.8 Å². The highest BCUT2D eigenvalue weighted by atomic mass is 16.1. The normalized spacial score (nSPS) is 10.5. The molecule has 0 saturated heterocycles. The first-order valence-corrected chi connectivity index (χ1v) is 9.10. The maximum Gasteiger partial charge on any atom is 0.274 e. The Bertz CT molecular complexity index is 953. The van der Waals surface area contributed by atoms with Gasteiger partial charge in [-0.25, -0.2) is 9.97 Å². The molecule has 138 valence electrons. The van der Waals surface area contributed by atoms with Gasteiger partial charge in [-0.15, -0.1) is 0 Å². The number of amides is 1. The number of aromatic nitrogens is 2. The minimum atomic E-state index is -0.236. The van der Waals surface area contributed by atoms with Gasteiger partial charge < -0.3 is 10.6 Å². The molecular formula is C22H24N4O. The van der Waals surface area contributed by atoms with E-state index in [2.05, 4.69) is 46.6 Å². The molecule has 0 saturated carbocycles. The molecule has 0 spiro atoms. The Morgan fingerprint density at radius 3 is 2.41 bits per heavy atom. The summed E-state index contributed by atoms with van der Waals surface area (Å²) in [6.07, 6.45) is 0.850. The van der Waals surface area contributed by atoms with E-state index in [-0.39, 0.29) is 5.91 Å². The number of para-hydroxylation sites is 1. The highest BCUT2D eigenvalue weighted by Gasteiger charge is 2.12. The number of carbonyl (C=O) groups excluding carboxylic acids is 1. The molecule has 0 unspecified atom stereocenters. The fourth-order valence-corrected chi connectivity index (χ4v) is 2.88. The molecule has 0 bridgehead atoms. The summed E-state index contributed by atoms with van der Waals surface area (Å²) in [6.45, 7) is 6.60. The SMILES string of the molecule is CCc1ccccc1NC(=O)c1cc(C)nc(NCc2ccccc2C)n1. The van der Waals surface area contributed by atoms with E-state index in [1.54, 1.807) is 6.07 Å². The lowest BCUT2D eigenvalue weighted by Crippen LogP contribution is -2.17. The number of nitrogens with zero attached hydrogens (tertiary/aromatic N) is 2. The second-order valence-corrected chi connectivity index (χ2v) is 6.46. The van der Waals surface area contributed by atoms with E-state index < -0.39 is 0 Å². The number of hydrogen-bond acceptors (Lipinski definition) is 4. The Balaban J connectivity index is 1.76. The van der Waals surface area contributed by atoms with Gasteiger partial charge in [0, 0.05) is 17.9 Å². The van der Waals surface area contributed by atoms with E-state index in [0.29, 0.717) is 18.2 Å². The first-order valence-electron chi connectivity index (χ1n) is 9.10. The molecule has 3 aromatic rings. The molecule has 0 fully saturated rings. The molecule has 1 heterocycles. The summed E-state index contributed by atoms with van der Waals surface area (Å²) >= 11 is 0. The Hall–Kier alpha value is -3.21. The Morgan fingerprint density at radius 2 is 1.67 bits per heavy atom. The van der Waals surface area contributed by atoms with Crippen molar-refractivity contribution >= 4 is 17.5 Å². The largest absolute Gasteiger partial charge is 0.350 e. The number of anilines is 2. The average Bonchev–Trinajstić information content (AvgIpc) is 2.67. The molecule has 1 aromatic heterocycles. The molecule has 5 nitrogen and oxygen atoms in total. The smallest absolute Gasteiger partial charge is 0.274 e. The predicted octanol–water partition coefficient (Wildman–Crippen LogP) is 4.52.